The molecular formula is C12H16FN3O3. The van der Waals surface area contributed by atoms with E-state index in [-0.39, 0.29) is 0 Å². The zero-order valence-corrected chi connectivity index (χ0v) is 10.6. The zero-order chi connectivity index (χ0) is 14.0. The lowest BCUT2D eigenvalue weighted by atomic mass is 10.00. The first-order valence-electron chi connectivity index (χ1n) is 6.19. The molecule has 0 radical (unpaired) electrons. The molecule has 104 valence electrons. The van der Waals surface area contributed by atoms with E-state index in [1.54, 1.807) is 0 Å². The largest absolute Gasteiger partial charge is 0.478 e. The van der Waals surface area contributed by atoms with Crippen LogP contribution in [0, 0.1) is 5.92 Å². The van der Waals surface area contributed by atoms with Crippen LogP contribution in [-0.4, -0.2) is 33.9 Å². The summed E-state index contributed by atoms with van der Waals surface area (Å²) in [7, 11) is 0. The van der Waals surface area contributed by atoms with Crippen molar-refractivity contribution in [2.45, 2.75) is 26.1 Å². The van der Waals surface area contributed by atoms with Gasteiger partial charge in [0.1, 0.15) is 0 Å². The Morgan fingerprint density at radius 2 is 2.37 bits per heavy atom. The van der Waals surface area contributed by atoms with E-state index in [4.69, 9.17) is 5.11 Å². The van der Waals surface area contributed by atoms with Crippen molar-refractivity contribution in [3.63, 3.8) is 0 Å². The molecule has 0 aromatic carbocycles. The Morgan fingerprint density at radius 1 is 1.63 bits per heavy atom. The summed E-state index contributed by atoms with van der Waals surface area (Å²) in [6.07, 6.45) is 1.08. The lowest BCUT2D eigenvalue weighted by Crippen LogP contribution is -2.36. The molecule has 1 aliphatic heterocycles. The van der Waals surface area contributed by atoms with Crippen molar-refractivity contribution in [2.24, 2.45) is 5.92 Å². The summed E-state index contributed by atoms with van der Waals surface area (Å²) >= 11 is 0. The number of carboxylic acids is 1. The number of hydrogen-bond donors (Lipinski definition) is 1. The highest BCUT2D eigenvalue weighted by molar-refractivity contribution is 5.69. The zero-order valence-electron chi connectivity index (χ0n) is 10.6. The van der Waals surface area contributed by atoms with Crippen molar-refractivity contribution in [1.82, 2.24) is 9.78 Å². The van der Waals surface area contributed by atoms with Gasteiger partial charge in [0.2, 0.25) is 0 Å². The highest BCUT2D eigenvalue weighted by atomic mass is 19.1. The van der Waals surface area contributed by atoms with E-state index >= 15 is 0 Å². The van der Waals surface area contributed by atoms with Crippen LogP contribution in [0.1, 0.15) is 26.1 Å². The summed E-state index contributed by atoms with van der Waals surface area (Å²) in [4.78, 5) is 24.2. The summed E-state index contributed by atoms with van der Waals surface area (Å²) in [5.41, 5.74) is -0.129. The Hall–Kier alpha value is -1.92. The molecule has 0 saturated carbocycles. The Kier molecular flexibility index (Phi) is 3.82. The summed E-state index contributed by atoms with van der Waals surface area (Å²) in [6.45, 7) is 3.78. The predicted molar refractivity (Wildman–Crippen MR) is 66.9 cm³/mol. The SMILES string of the molecule is CC1CCCN(c2cnn(C(F)C(=O)O)c(=O)c2)C1. The smallest absolute Gasteiger partial charge is 0.361 e. The van der Waals surface area contributed by atoms with Crippen LogP contribution in [0.5, 0.6) is 0 Å². The van der Waals surface area contributed by atoms with Crippen molar-refractivity contribution in [2.75, 3.05) is 18.0 Å². The first-order valence-corrected chi connectivity index (χ1v) is 6.19. The number of carboxylic acid groups (broad SMARTS) is 1. The Labute approximate surface area is 109 Å². The first kappa shape index (κ1) is 13.5. The summed E-state index contributed by atoms with van der Waals surface area (Å²) < 4.78 is 13.6. The second-order valence-corrected chi connectivity index (χ2v) is 4.86. The van der Waals surface area contributed by atoms with Crippen LogP contribution in [0.2, 0.25) is 0 Å². The molecule has 0 amide bonds. The van der Waals surface area contributed by atoms with Crippen LogP contribution < -0.4 is 10.5 Å². The second-order valence-electron chi connectivity index (χ2n) is 4.86. The van der Waals surface area contributed by atoms with Gasteiger partial charge in [0.05, 0.1) is 11.9 Å². The van der Waals surface area contributed by atoms with Gasteiger partial charge >= 0.3 is 5.97 Å². The van der Waals surface area contributed by atoms with Crippen LogP contribution in [0.25, 0.3) is 0 Å². The molecule has 1 aromatic heterocycles. The fourth-order valence-electron chi connectivity index (χ4n) is 2.28. The third-order valence-corrected chi connectivity index (χ3v) is 3.25. The third-order valence-electron chi connectivity index (χ3n) is 3.25. The topological polar surface area (TPSA) is 75.4 Å². The molecule has 19 heavy (non-hydrogen) atoms. The molecule has 2 unspecified atom stereocenters. The van der Waals surface area contributed by atoms with Crippen LogP contribution in [-0.2, 0) is 4.79 Å². The van der Waals surface area contributed by atoms with Gasteiger partial charge in [0.25, 0.3) is 11.9 Å². The number of carbonyl (C=O) groups is 1. The molecule has 6 nitrogen and oxygen atoms in total. The summed E-state index contributed by atoms with van der Waals surface area (Å²) in [5.74, 6) is -1.20. The summed E-state index contributed by atoms with van der Waals surface area (Å²) in [6, 6.07) is 1.24. The number of halogens is 1. The van der Waals surface area contributed by atoms with Gasteiger partial charge < -0.3 is 10.0 Å². The number of rotatable bonds is 3. The van der Waals surface area contributed by atoms with Gasteiger partial charge in [-0.1, -0.05) is 6.92 Å². The maximum absolute atomic E-state index is 13.2. The fourth-order valence-corrected chi connectivity index (χ4v) is 2.28. The van der Waals surface area contributed by atoms with Crippen molar-refractivity contribution < 1.29 is 14.3 Å². The third kappa shape index (κ3) is 2.91. The van der Waals surface area contributed by atoms with Gasteiger partial charge in [-0.3, -0.25) is 4.79 Å². The lowest BCUT2D eigenvalue weighted by molar-refractivity contribution is -0.147. The molecule has 0 aliphatic carbocycles. The first-order chi connectivity index (χ1) is 8.99. The van der Waals surface area contributed by atoms with E-state index in [1.165, 1.54) is 12.3 Å². The maximum atomic E-state index is 13.2. The van der Waals surface area contributed by atoms with E-state index in [1.807, 2.05) is 4.90 Å². The van der Waals surface area contributed by atoms with E-state index in [9.17, 15) is 14.0 Å². The quantitative estimate of drug-likeness (QED) is 0.887. The van der Waals surface area contributed by atoms with Gasteiger partial charge in [-0.05, 0) is 18.8 Å². The van der Waals surface area contributed by atoms with Crippen LogP contribution in [0.15, 0.2) is 17.1 Å². The minimum absolute atomic E-state index is 0.333. The number of hydrogen-bond acceptors (Lipinski definition) is 4. The molecule has 7 heteroatoms. The van der Waals surface area contributed by atoms with Gasteiger partial charge in [0.15, 0.2) is 0 Å². The van der Waals surface area contributed by atoms with E-state index in [2.05, 4.69) is 12.0 Å². The van der Waals surface area contributed by atoms with Crippen molar-refractivity contribution in [3.05, 3.63) is 22.6 Å². The number of piperidine rings is 1. The number of aromatic nitrogens is 2. The second kappa shape index (κ2) is 5.38. The minimum Gasteiger partial charge on any atom is -0.478 e. The van der Waals surface area contributed by atoms with E-state index in [0.717, 1.165) is 25.9 Å². The molecule has 2 rings (SSSR count). The van der Waals surface area contributed by atoms with Gasteiger partial charge in [-0.2, -0.15) is 9.78 Å². The van der Waals surface area contributed by atoms with E-state index < -0.39 is 17.8 Å². The van der Waals surface area contributed by atoms with E-state index in [0.29, 0.717) is 16.3 Å². The summed E-state index contributed by atoms with van der Waals surface area (Å²) in [5, 5.41) is 12.1. The molecule has 2 heterocycles. The van der Waals surface area contributed by atoms with Crippen LogP contribution in [0.4, 0.5) is 10.1 Å². The van der Waals surface area contributed by atoms with Gasteiger partial charge in [0, 0.05) is 19.2 Å². The number of anilines is 1. The Balaban J connectivity index is 2.23. The lowest BCUT2D eigenvalue weighted by Gasteiger charge is -2.32. The normalized spacial score (nSPS) is 21.2. The Bertz CT molecular complexity index is 531. The van der Waals surface area contributed by atoms with Gasteiger partial charge in [-0.25, -0.2) is 9.18 Å². The Morgan fingerprint density at radius 3 is 2.95 bits per heavy atom. The highest BCUT2D eigenvalue weighted by Crippen LogP contribution is 2.21. The average molecular weight is 269 g/mol. The molecule has 0 bridgehead atoms. The molecule has 2 atom stereocenters. The fraction of sp³-hybridized carbons (Fsp3) is 0.583. The monoisotopic (exact) mass is 269 g/mol. The molecule has 1 N–H and O–H groups in total. The maximum Gasteiger partial charge on any atom is 0.361 e. The standard InChI is InChI=1S/C12H16FN3O3/c1-8-3-2-4-15(7-8)9-5-10(17)16(14-6-9)11(13)12(18)19/h5-6,8,11H,2-4,7H2,1H3,(H,18,19). The molecule has 1 saturated heterocycles. The van der Waals surface area contributed by atoms with Crippen molar-refractivity contribution in [3.8, 4) is 0 Å². The molecule has 1 aliphatic rings. The number of aliphatic carboxylic acids is 1. The molecule has 0 spiro atoms. The minimum atomic E-state index is -2.44. The van der Waals surface area contributed by atoms with Crippen LogP contribution in [0.3, 0.4) is 0 Å². The number of alkyl halides is 1. The molecule has 1 aromatic rings. The molecular weight excluding hydrogens is 253 g/mol. The van der Waals surface area contributed by atoms with Gasteiger partial charge in [-0.15, -0.1) is 0 Å². The molecule has 1 fully saturated rings. The van der Waals surface area contributed by atoms with Crippen molar-refractivity contribution >= 4 is 11.7 Å². The number of nitrogens with zero attached hydrogens (tertiary/aromatic N) is 3. The van der Waals surface area contributed by atoms with Crippen LogP contribution >= 0.6 is 0 Å². The van der Waals surface area contributed by atoms with Crippen molar-refractivity contribution in [1.29, 1.82) is 0 Å². The average Bonchev–Trinajstić information content (AvgIpc) is 2.37. The highest BCUT2D eigenvalue weighted by Gasteiger charge is 2.22. The predicted octanol–water partition coefficient (Wildman–Crippen LogP) is 1.03.